The van der Waals surface area contributed by atoms with Crippen molar-refractivity contribution in [2.45, 2.75) is 0 Å². The van der Waals surface area contributed by atoms with E-state index in [0.29, 0.717) is 0 Å². The van der Waals surface area contributed by atoms with Crippen molar-refractivity contribution in [2.75, 3.05) is 0 Å². The zero-order valence-electron chi connectivity index (χ0n) is 3.41. The van der Waals surface area contributed by atoms with Crippen molar-refractivity contribution in [2.24, 2.45) is 0 Å². The van der Waals surface area contributed by atoms with E-state index < -0.39 is 7.82 Å². The Balaban J connectivity index is -0.0000000267. The third-order valence-corrected chi connectivity index (χ3v) is 0. The Morgan fingerprint density at radius 2 is 1.12 bits per heavy atom. The Kier molecular flexibility index (Phi) is 23.3. The SMILES string of the molecule is O=P([O-])([O-])[O-].[Al+3].[Cu+2].[OH-]. The maximum Gasteiger partial charge on any atom is 3.00 e. The Hall–Kier alpha value is 1.12. The maximum atomic E-state index is 8.55. The van der Waals surface area contributed by atoms with E-state index >= 15 is 0 Å². The topological polar surface area (TPSA) is 116 Å². The normalized spacial score (nSPS) is 7.38. The molecule has 0 saturated carbocycles. The Bertz CT molecular complexity index is 58.6. The van der Waals surface area contributed by atoms with E-state index in [1.165, 1.54) is 0 Å². The van der Waals surface area contributed by atoms with Crippen LogP contribution in [0, 0.1) is 0 Å². The molecule has 0 spiro atoms. The summed E-state index contributed by atoms with van der Waals surface area (Å²) in [6.07, 6.45) is 0. The van der Waals surface area contributed by atoms with Gasteiger partial charge in [0.25, 0.3) is 0 Å². The van der Waals surface area contributed by atoms with Crippen molar-refractivity contribution < 1.29 is 41.8 Å². The monoisotopic (exact) mass is 202 g/mol. The molecule has 1 radical (unpaired) electrons. The van der Waals surface area contributed by atoms with Crippen molar-refractivity contribution >= 4 is 25.2 Å². The maximum absolute atomic E-state index is 8.55. The summed E-state index contributed by atoms with van der Waals surface area (Å²) in [6.45, 7) is 0. The van der Waals surface area contributed by atoms with Crippen LogP contribution in [-0.4, -0.2) is 22.8 Å². The molecule has 8 heteroatoms. The van der Waals surface area contributed by atoms with Crippen LogP contribution >= 0.6 is 7.82 Å². The predicted molar refractivity (Wildman–Crippen MR) is 15.3 cm³/mol. The van der Waals surface area contributed by atoms with Gasteiger partial charge in [0, 0.05) is 0 Å². The zero-order valence-corrected chi connectivity index (χ0v) is 6.40. The molecule has 0 aromatic rings. The molecule has 0 amide bonds. The number of rotatable bonds is 0. The van der Waals surface area contributed by atoms with E-state index in [9.17, 15) is 0 Å². The summed E-state index contributed by atoms with van der Waals surface area (Å²) in [5, 5.41) is 0. The summed E-state index contributed by atoms with van der Waals surface area (Å²) in [4.78, 5) is 25.6. The fraction of sp³-hybridized carbons (Fsp3) is 0. The van der Waals surface area contributed by atoms with Crippen molar-refractivity contribution in [3.8, 4) is 0 Å². The first-order chi connectivity index (χ1) is 2.00. The van der Waals surface area contributed by atoms with E-state index in [1.807, 2.05) is 0 Å². The molecular weight excluding hydrogens is 201 g/mol. The number of hydrogen-bond acceptors (Lipinski definition) is 5. The van der Waals surface area contributed by atoms with E-state index in [1.54, 1.807) is 0 Å². The van der Waals surface area contributed by atoms with Gasteiger partial charge in [-0.1, -0.05) is 0 Å². The summed E-state index contributed by atoms with van der Waals surface area (Å²) in [6, 6.07) is 0. The van der Waals surface area contributed by atoms with Crippen LogP contribution in [0.3, 0.4) is 0 Å². The summed E-state index contributed by atoms with van der Waals surface area (Å²) in [5.41, 5.74) is 0. The van der Waals surface area contributed by atoms with Crippen LogP contribution in [0.2, 0.25) is 0 Å². The first-order valence-corrected chi connectivity index (χ1v) is 2.19. The quantitative estimate of drug-likeness (QED) is 0.300. The van der Waals surface area contributed by atoms with Gasteiger partial charge < -0.3 is 24.7 Å². The van der Waals surface area contributed by atoms with Gasteiger partial charge in [0.15, 0.2) is 0 Å². The van der Waals surface area contributed by atoms with Crippen LogP contribution < -0.4 is 14.7 Å². The summed E-state index contributed by atoms with van der Waals surface area (Å²) >= 11 is 0. The van der Waals surface area contributed by atoms with Gasteiger partial charge in [0.05, 0.1) is 0 Å². The average molecular weight is 203 g/mol. The zero-order chi connectivity index (χ0) is 4.50. The third-order valence-electron chi connectivity index (χ3n) is 0. The molecule has 8 heavy (non-hydrogen) atoms. The molecule has 0 atom stereocenters. The first-order valence-electron chi connectivity index (χ1n) is 0.730. The van der Waals surface area contributed by atoms with E-state index in [2.05, 4.69) is 0 Å². The fourth-order valence-corrected chi connectivity index (χ4v) is 0. The molecule has 0 aliphatic carbocycles. The largest absolute Gasteiger partial charge is 3.00 e. The Morgan fingerprint density at radius 3 is 1.12 bits per heavy atom. The van der Waals surface area contributed by atoms with Crippen LogP contribution in [0.25, 0.3) is 0 Å². The fourth-order valence-electron chi connectivity index (χ4n) is 0. The summed E-state index contributed by atoms with van der Waals surface area (Å²) in [5.74, 6) is 0. The second kappa shape index (κ2) is 8.12. The molecule has 0 heterocycles. The molecular formula is HAlCuO5P+. The van der Waals surface area contributed by atoms with Gasteiger partial charge in [0.2, 0.25) is 0 Å². The van der Waals surface area contributed by atoms with Gasteiger partial charge in [-0.25, -0.2) is 0 Å². The summed E-state index contributed by atoms with van der Waals surface area (Å²) < 4.78 is 8.55. The van der Waals surface area contributed by atoms with E-state index in [0.717, 1.165) is 0 Å². The number of hydrogen-bond donors (Lipinski definition) is 0. The van der Waals surface area contributed by atoms with E-state index in [4.69, 9.17) is 19.2 Å². The van der Waals surface area contributed by atoms with Gasteiger partial charge in [0.1, 0.15) is 0 Å². The predicted octanol–water partition coefficient (Wildman–Crippen LogP) is -3.38. The molecule has 0 rings (SSSR count). The summed E-state index contributed by atoms with van der Waals surface area (Å²) in [7, 11) is -5.39. The molecule has 0 fully saturated rings. The van der Waals surface area contributed by atoms with Crippen molar-refractivity contribution in [1.29, 1.82) is 0 Å². The van der Waals surface area contributed by atoms with Crippen LogP contribution in [0.5, 0.6) is 0 Å². The number of phosphoric acid groups is 1. The third kappa shape index (κ3) is 212. The molecule has 0 unspecified atom stereocenters. The molecule has 0 aliphatic rings. The Labute approximate surface area is 67.3 Å². The van der Waals surface area contributed by atoms with Gasteiger partial charge in [-0.05, 0) is 0 Å². The molecule has 0 aromatic carbocycles. The molecule has 49 valence electrons. The minimum absolute atomic E-state index is 0. The smallest absolute Gasteiger partial charge is 0.870 e. The Morgan fingerprint density at radius 1 is 1.12 bits per heavy atom. The molecule has 0 saturated heterocycles. The second-order valence-corrected chi connectivity index (χ2v) is 1.34. The van der Waals surface area contributed by atoms with Crippen molar-refractivity contribution in [3.63, 3.8) is 0 Å². The first kappa shape index (κ1) is 22.9. The standard InChI is InChI=1S/Al.Cu.H3O4P.H2O/c;;1-5(2,3)4;/h;;(H3,1,2,3,4);1H2/q+3;+2;;/p-4. The molecule has 0 bridgehead atoms. The van der Waals surface area contributed by atoms with Crippen molar-refractivity contribution in [3.05, 3.63) is 0 Å². The van der Waals surface area contributed by atoms with Crippen LogP contribution in [-0.2, 0) is 21.6 Å². The molecule has 1 N–H and O–H groups in total. The van der Waals surface area contributed by atoms with Gasteiger partial charge >= 0.3 is 34.4 Å². The van der Waals surface area contributed by atoms with Gasteiger partial charge in [-0.3, -0.25) is 0 Å². The minimum atomic E-state index is -5.39. The van der Waals surface area contributed by atoms with Crippen LogP contribution in [0.4, 0.5) is 0 Å². The second-order valence-electron chi connectivity index (χ2n) is 0.447. The van der Waals surface area contributed by atoms with Crippen LogP contribution in [0.1, 0.15) is 0 Å². The van der Waals surface area contributed by atoms with Gasteiger partial charge in [-0.2, -0.15) is 7.82 Å². The van der Waals surface area contributed by atoms with E-state index in [-0.39, 0.29) is 39.9 Å². The van der Waals surface area contributed by atoms with Gasteiger partial charge in [-0.15, -0.1) is 0 Å². The molecule has 0 aliphatic heterocycles. The minimum Gasteiger partial charge on any atom is -0.870 e. The average Bonchev–Trinajstić information content (AvgIpc) is 0.722. The molecule has 5 nitrogen and oxygen atoms in total. The van der Waals surface area contributed by atoms with Crippen LogP contribution in [0.15, 0.2) is 0 Å². The van der Waals surface area contributed by atoms with Crippen molar-refractivity contribution in [1.82, 2.24) is 0 Å². The molecule has 0 aromatic heterocycles.